The summed E-state index contributed by atoms with van der Waals surface area (Å²) in [5.41, 5.74) is 0. The highest BCUT2D eigenvalue weighted by Gasteiger charge is 2.27. The Morgan fingerprint density at radius 3 is 1.00 bits per heavy atom. The zero-order valence-corrected chi connectivity index (χ0v) is 12.9. The quantitative estimate of drug-likeness (QED) is 0.539. The maximum atomic E-state index is 4.92. The Bertz CT molecular complexity index is 112. The van der Waals surface area contributed by atoms with E-state index in [9.17, 15) is 0 Å². The van der Waals surface area contributed by atoms with Crippen LogP contribution in [-0.4, -0.2) is 32.2 Å². The van der Waals surface area contributed by atoms with E-state index in [-0.39, 0.29) is 0 Å². The summed E-state index contributed by atoms with van der Waals surface area (Å²) in [6.45, 7) is 15.9. The monoisotopic (exact) mass is 236 g/mol. The van der Waals surface area contributed by atoms with Gasteiger partial charge in [-0.1, -0.05) is 27.7 Å². The topological polar surface area (TPSA) is 31.0 Å². The molecule has 16 heavy (non-hydrogen) atoms. The van der Waals surface area contributed by atoms with Crippen molar-refractivity contribution in [2.24, 2.45) is 0 Å². The van der Waals surface area contributed by atoms with E-state index < -0.39 is 5.79 Å². The average Bonchev–Trinajstić information content (AvgIpc) is 2.98. The molecule has 0 bridgehead atoms. The first-order valence-corrected chi connectivity index (χ1v) is 6.18. The molecule has 1 saturated heterocycles. The van der Waals surface area contributed by atoms with Gasteiger partial charge in [0.1, 0.15) is 0 Å². The minimum Gasteiger partial charge on any atom is -0.370 e. The fourth-order valence-electron chi connectivity index (χ4n) is 0.377. The van der Waals surface area contributed by atoms with E-state index in [0.717, 1.165) is 0 Å². The summed E-state index contributed by atoms with van der Waals surface area (Å²) in [4.78, 5) is 0. The third-order valence-electron chi connectivity index (χ3n) is 2.00. The molecule has 1 aliphatic rings. The van der Waals surface area contributed by atoms with Crippen LogP contribution in [0, 0.1) is 0 Å². The highest BCUT2D eigenvalue weighted by molar-refractivity contribution is 4.73. The van der Waals surface area contributed by atoms with E-state index in [1.165, 1.54) is 0 Å². The van der Waals surface area contributed by atoms with Crippen LogP contribution in [0.15, 0.2) is 0 Å². The van der Waals surface area contributed by atoms with Crippen molar-refractivity contribution in [2.45, 2.75) is 73.4 Å². The van der Waals surface area contributed by atoms with Crippen molar-refractivity contribution < 1.29 is 14.2 Å². The predicted molar refractivity (Wildman–Crippen MR) is 70.8 cm³/mol. The summed E-state index contributed by atoms with van der Waals surface area (Å²) in [5, 5.41) is 0. The van der Waals surface area contributed by atoms with Gasteiger partial charge >= 0.3 is 0 Å². The van der Waals surface area contributed by atoms with Crippen LogP contribution in [0.5, 0.6) is 0 Å². The van der Waals surface area contributed by atoms with Crippen LogP contribution >= 0.6 is 0 Å². The molecule has 0 aromatic rings. The molecule has 3 heteroatoms. The minimum absolute atomic E-state index is 0.417. The minimum atomic E-state index is -0.417. The van der Waals surface area contributed by atoms with E-state index >= 15 is 0 Å². The van der Waals surface area contributed by atoms with Gasteiger partial charge in [0, 0.05) is 14.2 Å². The van der Waals surface area contributed by atoms with Gasteiger partial charge in [0.2, 0.25) is 0 Å². The second kappa shape index (κ2) is 12.9. The molecule has 1 rings (SSSR count). The Hall–Kier alpha value is -0.120. The van der Waals surface area contributed by atoms with E-state index in [2.05, 4.69) is 13.8 Å². The predicted octanol–water partition coefficient (Wildman–Crippen LogP) is 3.86. The Kier molecular flexibility index (Phi) is 17.2. The molecular weight excluding hydrogens is 204 g/mol. The van der Waals surface area contributed by atoms with Gasteiger partial charge in [-0.3, -0.25) is 0 Å². The highest BCUT2D eigenvalue weighted by Crippen LogP contribution is 2.18. The Labute approximate surface area is 102 Å². The maximum Gasteiger partial charge on any atom is 0.161 e. The van der Waals surface area contributed by atoms with Crippen molar-refractivity contribution in [2.75, 3.05) is 14.2 Å². The fourth-order valence-corrected chi connectivity index (χ4v) is 0.377. The van der Waals surface area contributed by atoms with Gasteiger partial charge in [-0.2, -0.15) is 0 Å². The lowest BCUT2D eigenvalue weighted by atomic mass is 10.4. The van der Waals surface area contributed by atoms with Crippen molar-refractivity contribution in [3.63, 3.8) is 0 Å². The molecule has 0 saturated carbocycles. The lowest BCUT2D eigenvalue weighted by molar-refractivity contribution is -0.178. The van der Waals surface area contributed by atoms with Crippen LogP contribution < -0.4 is 0 Å². The number of methoxy groups -OCH3 is 2. The second-order valence-electron chi connectivity index (χ2n) is 3.35. The lowest BCUT2D eigenvalue weighted by Gasteiger charge is -2.19. The Morgan fingerprint density at radius 2 is 1.00 bits per heavy atom. The van der Waals surface area contributed by atoms with Crippen molar-refractivity contribution in [1.82, 2.24) is 0 Å². The van der Waals surface area contributed by atoms with Crippen LogP contribution in [0.4, 0.5) is 0 Å². The van der Waals surface area contributed by atoms with E-state index in [0.29, 0.717) is 12.2 Å². The van der Waals surface area contributed by atoms with Gasteiger partial charge in [-0.15, -0.1) is 0 Å². The van der Waals surface area contributed by atoms with Crippen LogP contribution in [0.2, 0.25) is 0 Å². The smallest absolute Gasteiger partial charge is 0.161 e. The first-order chi connectivity index (χ1) is 7.43. The molecule has 0 unspecified atom stereocenters. The molecule has 0 amide bonds. The third kappa shape index (κ3) is 16.3. The average molecular weight is 236 g/mol. The molecule has 0 radical (unpaired) electrons. The molecule has 0 spiro atoms. The molecule has 3 nitrogen and oxygen atoms in total. The number of hydrogen-bond donors (Lipinski definition) is 0. The summed E-state index contributed by atoms with van der Waals surface area (Å²) >= 11 is 0. The van der Waals surface area contributed by atoms with Crippen molar-refractivity contribution in [1.29, 1.82) is 0 Å². The van der Waals surface area contributed by atoms with Crippen LogP contribution in [0.1, 0.15) is 55.4 Å². The van der Waals surface area contributed by atoms with Gasteiger partial charge in [0.25, 0.3) is 0 Å². The van der Waals surface area contributed by atoms with Gasteiger partial charge < -0.3 is 14.2 Å². The second-order valence-corrected chi connectivity index (χ2v) is 3.35. The first kappa shape index (κ1) is 21.2. The largest absolute Gasteiger partial charge is 0.370 e. The maximum absolute atomic E-state index is 4.92. The molecule has 1 aliphatic heterocycles. The Morgan fingerprint density at radius 1 is 0.812 bits per heavy atom. The summed E-state index contributed by atoms with van der Waals surface area (Å²) in [7, 11) is 3.23. The molecule has 2 atom stereocenters. The van der Waals surface area contributed by atoms with Crippen LogP contribution in [0.3, 0.4) is 0 Å². The molecule has 0 aromatic carbocycles. The molecule has 0 aliphatic carbocycles. The standard InChI is InChI=1S/C5H12O2.C4H8O.2C2H6/c1-5(2,6-3)7-4;1-3-4(2)5-3;2*1-2/h1-4H3;3-4H,1-2H3;2*1-2H3/t;3-,4+;;. The molecular formula is C13H32O3. The van der Waals surface area contributed by atoms with Crippen LogP contribution in [-0.2, 0) is 14.2 Å². The van der Waals surface area contributed by atoms with Crippen molar-refractivity contribution >= 4 is 0 Å². The lowest BCUT2D eigenvalue weighted by Crippen LogP contribution is -2.24. The van der Waals surface area contributed by atoms with E-state index in [4.69, 9.17) is 14.2 Å². The van der Waals surface area contributed by atoms with E-state index in [1.807, 2.05) is 41.5 Å². The van der Waals surface area contributed by atoms with Gasteiger partial charge in [0.05, 0.1) is 12.2 Å². The number of hydrogen-bond acceptors (Lipinski definition) is 3. The number of rotatable bonds is 2. The van der Waals surface area contributed by atoms with Gasteiger partial charge in [0.15, 0.2) is 5.79 Å². The summed E-state index contributed by atoms with van der Waals surface area (Å²) in [6.07, 6.45) is 1.10. The van der Waals surface area contributed by atoms with Crippen molar-refractivity contribution in [3.8, 4) is 0 Å². The molecule has 0 aromatic heterocycles. The highest BCUT2D eigenvalue weighted by atomic mass is 16.7. The zero-order valence-electron chi connectivity index (χ0n) is 12.9. The molecule has 102 valence electrons. The summed E-state index contributed by atoms with van der Waals surface area (Å²) < 4.78 is 14.6. The van der Waals surface area contributed by atoms with Crippen LogP contribution in [0.25, 0.3) is 0 Å². The van der Waals surface area contributed by atoms with Gasteiger partial charge in [-0.05, 0) is 27.7 Å². The van der Waals surface area contributed by atoms with Gasteiger partial charge in [-0.25, -0.2) is 0 Å². The first-order valence-electron chi connectivity index (χ1n) is 6.18. The number of epoxide rings is 1. The van der Waals surface area contributed by atoms with Crippen molar-refractivity contribution in [3.05, 3.63) is 0 Å². The molecule has 1 heterocycles. The summed E-state index contributed by atoms with van der Waals surface area (Å²) in [6, 6.07) is 0. The SMILES string of the molecule is CC.CC.COC(C)(C)OC.C[C@@H]1O[C@@H]1C. The Balaban J connectivity index is -0.000000164. The molecule has 0 N–H and O–H groups in total. The zero-order chi connectivity index (χ0) is 13.8. The van der Waals surface area contributed by atoms with E-state index in [1.54, 1.807) is 14.2 Å². The summed E-state index contributed by atoms with van der Waals surface area (Å²) in [5.74, 6) is -0.417. The normalized spacial score (nSPS) is 21.4. The number of ether oxygens (including phenoxy) is 3. The third-order valence-corrected chi connectivity index (χ3v) is 2.00. The molecule has 1 fully saturated rings. The fraction of sp³-hybridized carbons (Fsp3) is 1.00.